The molecule has 0 aliphatic rings. The van der Waals surface area contributed by atoms with E-state index >= 15 is 0 Å². The van der Waals surface area contributed by atoms with Crippen LogP contribution in [-0.4, -0.2) is 16.1 Å². The fourth-order valence-electron chi connectivity index (χ4n) is 1.49. The zero-order valence-corrected chi connectivity index (χ0v) is 12.0. The normalized spacial score (nSPS) is 10.2. The highest BCUT2D eigenvalue weighted by atomic mass is 32.2. The zero-order chi connectivity index (χ0) is 14.7. The van der Waals surface area contributed by atoms with Crippen LogP contribution in [0.3, 0.4) is 0 Å². The summed E-state index contributed by atoms with van der Waals surface area (Å²) in [6.45, 7) is 1.73. The summed E-state index contributed by atoms with van der Waals surface area (Å²) in [5, 5.41) is 17.5. The Morgan fingerprint density at radius 2 is 2.35 bits per heavy atom. The number of aliphatic carboxylic acids is 1. The molecule has 0 saturated carbocycles. The van der Waals surface area contributed by atoms with Crippen molar-refractivity contribution in [2.75, 3.05) is 0 Å². The van der Waals surface area contributed by atoms with E-state index in [9.17, 15) is 9.18 Å². The number of benzene rings is 1. The van der Waals surface area contributed by atoms with E-state index in [1.54, 1.807) is 6.92 Å². The Labute approximate surface area is 122 Å². The maximum Gasteiger partial charge on any atom is 0.308 e. The van der Waals surface area contributed by atoms with Crippen molar-refractivity contribution in [3.05, 3.63) is 40.2 Å². The number of aryl methyl sites for hydroxylation is 1. The van der Waals surface area contributed by atoms with Crippen LogP contribution < -0.4 is 0 Å². The lowest BCUT2D eigenvalue weighted by Crippen LogP contribution is -1.99. The quantitative estimate of drug-likeness (QED) is 0.938. The van der Waals surface area contributed by atoms with Crippen LogP contribution in [0.25, 0.3) is 0 Å². The van der Waals surface area contributed by atoms with Gasteiger partial charge in [-0.2, -0.15) is 5.26 Å². The van der Waals surface area contributed by atoms with E-state index < -0.39 is 11.8 Å². The first kappa shape index (κ1) is 14.5. The van der Waals surface area contributed by atoms with Crippen LogP contribution in [0.15, 0.2) is 27.4 Å². The molecule has 0 aliphatic carbocycles. The molecule has 0 bridgehead atoms. The Morgan fingerprint density at radius 3 is 2.95 bits per heavy atom. The Morgan fingerprint density at radius 1 is 1.60 bits per heavy atom. The van der Waals surface area contributed by atoms with Crippen molar-refractivity contribution in [3.63, 3.8) is 0 Å². The molecular weight excluding hydrogens is 299 g/mol. The van der Waals surface area contributed by atoms with Crippen molar-refractivity contribution in [2.24, 2.45) is 0 Å². The molecule has 1 aromatic carbocycles. The third-order valence-electron chi connectivity index (χ3n) is 2.44. The van der Waals surface area contributed by atoms with Crippen molar-refractivity contribution in [1.29, 1.82) is 5.26 Å². The van der Waals surface area contributed by atoms with E-state index in [4.69, 9.17) is 10.4 Å². The van der Waals surface area contributed by atoms with Gasteiger partial charge >= 0.3 is 5.97 Å². The number of carbonyl (C=O) groups is 1. The van der Waals surface area contributed by atoms with E-state index in [0.29, 0.717) is 19.8 Å². The molecule has 102 valence electrons. The molecule has 1 N–H and O–H groups in total. The van der Waals surface area contributed by atoms with Crippen LogP contribution >= 0.6 is 23.1 Å². The maximum absolute atomic E-state index is 13.8. The molecule has 20 heavy (non-hydrogen) atoms. The molecular formula is C13H9FN2O2S2. The van der Waals surface area contributed by atoms with E-state index in [-0.39, 0.29) is 12.0 Å². The number of carboxylic acid groups (broad SMARTS) is 1. The fourth-order valence-corrected chi connectivity index (χ4v) is 3.68. The monoisotopic (exact) mass is 308 g/mol. The second-order valence-corrected chi connectivity index (χ2v) is 6.29. The summed E-state index contributed by atoms with van der Waals surface area (Å²) in [7, 11) is 0. The van der Waals surface area contributed by atoms with Crippen LogP contribution in [0.5, 0.6) is 0 Å². The molecule has 2 rings (SSSR count). The summed E-state index contributed by atoms with van der Waals surface area (Å²) in [6.07, 6.45) is -0.0834. The number of rotatable bonds is 4. The molecule has 1 heterocycles. The van der Waals surface area contributed by atoms with E-state index in [1.165, 1.54) is 29.5 Å². The number of nitrogens with zero attached hydrogens (tertiary/aromatic N) is 2. The first-order valence-electron chi connectivity index (χ1n) is 5.55. The molecule has 0 saturated heterocycles. The number of aromatic nitrogens is 1. The summed E-state index contributed by atoms with van der Waals surface area (Å²) >= 11 is 2.37. The molecule has 0 radical (unpaired) electrons. The Balaban J connectivity index is 2.22. The predicted octanol–water partition coefficient (Wildman–Crippen LogP) is 3.24. The first-order chi connectivity index (χ1) is 9.49. The summed E-state index contributed by atoms with van der Waals surface area (Å²) in [6, 6.07) is 6.09. The van der Waals surface area contributed by atoms with Gasteiger partial charge in [0.25, 0.3) is 0 Å². The second-order valence-electron chi connectivity index (χ2n) is 3.92. The van der Waals surface area contributed by atoms with Crippen molar-refractivity contribution < 1.29 is 14.3 Å². The van der Waals surface area contributed by atoms with Gasteiger partial charge in [-0.05, 0) is 25.1 Å². The van der Waals surface area contributed by atoms with Gasteiger partial charge in [0.1, 0.15) is 5.82 Å². The molecule has 0 fully saturated rings. The lowest BCUT2D eigenvalue weighted by molar-refractivity contribution is -0.136. The number of hydrogen-bond acceptors (Lipinski definition) is 5. The molecule has 0 amide bonds. The van der Waals surface area contributed by atoms with E-state index in [1.807, 2.05) is 6.07 Å². The standard InChI is InChI=1S/C13H9FN2O2S2/c1-7-11(5-12(17)18)20-13(16-7)19-10-3-2-8(6-15)4-9(10)14/h2-4H,5H2,1H3,(H,17,18). The number of hydrogen-bond donors (Lipinski definition) is 1. The minimum absolute atomic E-state index is 0.0834. The summed E-state index contributed by atoms with van der Waals surface area (Å²) in [5.74, 6) is -1.40. The Bertz CT molecular complexity index is 707. The zero-order valence-electron chi connectivity index (χ0n) is 10.4. The summed E-state index contributed by atoms with van der Waals surface area (Å²) < 4.78 is 14.3. The fraction of sp³-hybridized carbons (Fsp3) is 0.154. The van der Waals surface area contributed by atoms with Crippen LogP contribution in [0.4, 0.5) is 4.39 Å². The average Bonchev–Trinajstić information content (AvgIpc) is 2.71. The predicted molar refractivity (Wildman–Crippen MR) is 73.4 cm³/mol. The summed E-state index contributed by atoms with van der Waals surface area (Å²) in [4.78, 5) is 15.9. The van der Waals surface area contributed by atoms with Crippen LogP contribution in [0.1, 0.15) is 16.1 Å². The first-order valence-corrected chi connectivity index (χ1v) is 7.18. The SMILES string of the molecule is Cc1nc(Sc2ccc(C#N)cc2F)sc1CC(=O)O. The number of thiazole rings is 1. The van der Waals surface area contributed by atoms with Gasteiger partial charge in [-0.1, -0.05) is 11.8 Å². The van der Waals surface area contributed by atoms with E-state index in [0.717, 1.165) is 11.8 Å². The highest BCUT2D eigenvalue weighted by Crippen LogP contribution is 2.34. The Hall–Kier alpha value is -1.91. The van der Waals surface area contributed by atoms with Crippen molar-refractivity contribution in [1.82, 2.24) is 4.98 Å². The molecule has 2 aromatic rings. The average molecular weight is 308 g/mol. The van der Waals surface area contributed by atoms with Gasteiger partial charge in [0.05, 0.1) is 28.6 Å². The highest BCUT2D eigenvalue weighted by Gasteiger charge is 2.13. The van der Waals surface area contributed by atoms with Crippen LogP contribution in [-0.2, 0) is 11.2 Å². The highest BCUT2D eigenvalue weighted by molar-refractivity contribution is 8.01. The van der Waals surface area contributed by atoms with Gasteiger partial charge in [-0.15, -0.1) is 11.3 Å². The number of halogens is 1. The molecule has 0 unspecified atom stereocenters. The maximum atomic E-state index is 13.8. The van der Waals surface area contributed by atoms with Gasteiger partial charge in [0, 0.05) is 4.88 Å². The molecule has 7 heteroatoms. The number of nitriles is 1. The van der Waals surface area contributed by atoms with Gasteiger partial charge in [-0.3, -0.25) is 4.79 Å². The molecule has 0 atom stereocenters. The Kier molecular flexibility index (Phi) is 4.37. The smallest absolute Gasteiger partial charge is 0.308 e. The van der Waals surface area contributed by atoms with Gasteiger partial charge in [0.2, 0.25) is 0 Å². The molecule has 0 aliphatic heterocycles. The third-order valence-corrected chi connectivity index (χ3v) is 4.71. The van der Waals surface area contributed by atoms with Crippen LogP contribution in [0.2, 0.25) is 0 Å². The lowest BCUT2D eigenvalue weighted by atomic mass is 10.2. The molecule has 0 spiro atoms. The third kappa shape index (κ3) is 3.35. The molecule has 1 aromatic heterocycles. The minimum Gasteiger partial charge on any atom is -0.481 e. The second kappa shape index (κ2) is 6.03. The van der Waals surface area contributed by atoms with Crippen LogP contribution in [0, 0.1) is 24.1 Å². The summed E-state index contributed by atoms with van der Waals surface area (Å²) in [5.41, 5.74) is 0.905. The largest absolute Gasteiger partial charge is 0.481 e. The van der Waals surface area contributed by atoms with Gasteiger partial charge in [0.15, 0.2) is 4.34 Å². The van der Waals surface area contributed by atoms with Gasteiger partial charge in [-0.25, -0.2) is 9.37 Å². The van der Waals surface area contributed by atoms with E-state index in [2.05, 4.69) is 4.98 Å². The van der Waals surface area contributed by atoms with Crippen molar-refractivity contribution in [2.45, 2.75) is 22.6 Å². The lowest BCUT2D eigenvalue weighted by Gasteiger charge is -1.99. The molecule has 4 nitrogen and oxygen atoms in total. The number of carboxylic acids is 1. The topological polar surface area (TPSA) is 74.0 Å². The van der Waals surface area contributed by atoms with Crippen molar-refractivity contribution in [3.8, 4) is 6.07 Å². The minimum atomic E-state index is -0.919. The van der Waals surface area contributed by atoms with Crippen molar-refractivity contribution >= 4 is 29.1 Å². The van der Waals surface area contributed by atoms with Gasteiger partial charge < -0.3 is 5.11 Å².